The zero-order valence-corrected chi connectivity index (χ0v) is 23.7. The first-order valence-electron chi connectivity index (χ1n) is 14.9. The second kappa shape index (κ2) is 10.3. The van der Waals surface area contributed by atoms with Crippen LogP contribution in [0.4, 0.5) is 20.3 Å². The number of amides is 1. The summed E-state index contributed by atoms with van der Waals surface area (Å²) in [5, 5.41) is 22.2. The summed E-state index contributed by atoms with van der Waals surface area (Å²) in [5.74, 6) is -0.375. The third-order valence-corrected chi connectivity index (χ3v) is 9.41. The summed E-state index contributed by atoms with van der Waals surface area (Å²) in [7, 11) is 0. The maximum atomic E-state index is 14.9. The molecule has 2 N–H and O–H groups in total. The molecule has 11 heteroatoms. The first-order chi connectivity index (χ1) is 20.3. The predicted octanol–water partition coefficient (Wildman–Crippen LogP) is 4.11. The number of β-amino-alcohol motifs (C(OH)–C–C–N with tert-alkyl or cyclic N) is 1. The van der Waals surface area contributed by atoms with Crippen LogP contribution in [0.3, 0.4) is 0 Å². The van der Waals surface area contributed by atoms with Gasteiger partial charge in [0.25, 0.3) is 5.91 Å². The van der Waals surface area contributed by atoms with Gasteiger partial charge in [0.05, 0.1) is 29.6 Å². The molecule has 0 saturated carbocycles. The minimum absolute atomic E-state index is 0.0347. The SMILES string of the molecule is CCc1c(F)ccc2cc(O)cc(N3Cc4nc(OCC56CCCN5CC(F)C6)nc(N5CCCC(O)C5)c4C3=O)c12. The van der Waals surface area contributed by atoms with E-state index in [4.69, 9.17) is 9.72 Å². The lowest BCUT2D eigenvalue weighted by molar-refractivity contribution is 0.0994. The van der Waals surface area contributed by atoms with Crippen molar-refractivity contribution >= 4 is 28.2 Å². The number of aromatic hydroxyl groups is 1. The van der Waals surface area contributed by atoms with Crippen LogP contribution in [-0.4, -0.2) is 81.6 Å². The van der Waals surface area contributed by atoms with E-state index in [9.17, 15) is 23.8 Å². The number of aliphatic hydroxyl groups is 1. The molecule has 1 amide bonds. The Balaban J connectivity index is 1.29. The standard InChI is InChI=1S/C31H35F2N5O4/c1-2-22-23(33)7-6-18-11-21(40)12-25(26(18)22)38-16-24-27(29(38)41)28(36-9-3-5-20(39)15-36)35-30(34-24)42-17-31-8-4-10-37(31)14-19(32)13-31/h6-7,11-12,19-20,39-40H,2-5,8-10,13-17H2,1H3. The highest BCUT2D eigenvalue weighted by atomic mass is 19.1. The molecule has 5 heterocycles. The maximum absolute atomic E-state index is 14.9. The molecule has 7 rings (SSSR count). The zero-order chi connectivity index (χ0) is 29.2. The first kappa shape index (κ1) is 27.3. The molecular weight excluding hydrogens is 544 g/mol. The molecule has 9 nitrogen and oxygen atoms in total. The highest BCUT2D eigenvalue weighted by Gasteiger charge is 2.49. The van der Waals surface area contributed by atoms with Gasteiger partial charge in [0.1, 0.15) is 35.7 Å². The number of hydrogen-bond acceptors (Lipinski definition) is 8. The van der Waals surface area contributed by atoms with E-state index in [0.717, 1.165) is 25.8 Å². The lowest BCUT2D eigenvalue weighted by Crippen LogP contribution is -2.43. The second-order valence-corrected chi connectivity index (χ2v) is 12.1. The van der Waals surface area contributed by atoms with E-state index in [0.29, 0.717) is 78.0 Å². The topological polar surface area (TPSA) is 102 Å². The number of nitrogens with zero attached hydrogens (tertiary/aromatic N) is 5. The smallest absolute Gasteiger partial charge is 0.318 e. The normalized spacial score (nSPS) is 25.9. The number of rotatable bonds is 6. The van der Waals surface area contributed by atoms with Crippen molar-refractivity contribution < 1.29 is 28.5 Å². The molecule has 4 aliphatic rings. The Labute approximate surface area is 242 Å². The zero-order valence-electron chi connectivity index (χ0n) is 23.7. The molecular formula is C31H35F2N5O4. The lowest BCUT2D eigenvalue weighted by atomic mass is 9.95. The largest absolute Gasteiger partial charge is 0.508 e. The van der Waals surface area contributed by atoms with Crippen LogP contribution in [0.25, 0.3) is 10.8 Å². The summed E-state index contributed by atoms with van der Waals surface area (Å²) in [6.45, 7) is 4.36. The van der Waals surface area contributed by atoms with Gasteiger partial charge in [-0.1, -0.05) is 13.0 Å². The van der Waals surface area contributed by atoms with Crippen molar-refractivity contribution in [2.24, 2.45) is 0 Å². The fraction of sp³-hybridized carbons (Fsp3) is 0.516. The molecule has 3 saturated heterocycles. The number of benzene rings is 2. The number of aryl methyl sites for hydroxylation is 1. The van der Waals surface area contributed by atoms with Gasteiger partial charge < -0.3 is 24.7 Å². The van der Waals surface area contributed by atoms with Crippen molar-refractivity contribution in [3.8, 4) is 11.8 Å². The van der Waals surface area contributed by atoms with Gasteiger partial charge in [-0.2, -0.15) is 9.97 Å². The molecule has 3 unspecified atom stereocenters. The molecule has 0 radical (unpaired) electrons. The minimum atomic E-state index is -0.888. The Hall–Kier alpha value is -3.57. The molecule has 222 valence electrons. The summed E-state index contributed by atoms with van der Waals surface area (Å²) >= 11 is 0. The average Bonchev–Trinajstić information content (AvgIpc) is 3.60. The molecule has 42 heavy (non-hydrogen) atoms. The van der Waals surface area contributed by atoms with Crippen LogP contribution in [0.15, 0.2) is 24.3 Å². The summed E-state index contributed by atoms with van der Waals surface area (Å²) in [6, 6.07) is 6.14. The number of alkyl halides is 1. The molecule has 2 aromatic carbocycles. The predicted molar refractivity (Wildman–Crippen MR) is 153 cm³/mol. The Morgan fingerprint density at radius 3 is 2.83 bits per heavy atom. The van der Waals surface area contributed by atoms with Gasteiger partial charge in [-0.25, -0.2) is 8.78 Å². The van der Waals surface area contributed by atoms with Crippen molar-refractivity contribution in [3.05, 3.63) is 46.9 Å². The van der Waals surface area contributed by atoms with E-state index in [1.54, 1.807) is 12.1 Å². The number of halogens is 2. The monoisotopic (exact) mass is 579 g/mol. The van der Waals surface area contributed by atoms with Crippen molar-refractivity contribution in [1.82, 2.24) is 14.9 Å². The number of carbonyl (C=O) groups is 1. The van der Waals surface area contributed by atoms with Gasteiger partial charge in [-0.3, -0.25) is 9.69 Å². The average molecular weight is 580 g/mol. The van der Waals surface area contributed by atoms with Crippen LogP contribution < -0.4 is 14.5 Å². The van der Waals surface area contributed by atoms with Gasteiger partial charge in [-0.15, -0.1) is 0 Å². The molecule has 3 aromatic rings. The number of piperidine rings is 1. The maximum Gasteiger partial charge on any atom is 0.318 e. The molecule has 0 bridgehead atoms. The van der Waals surface area contributed by atoms with Crippen LogP contribution >= 0.6 is 0 Å². The van der Waals surface area contributed by atoms with Gasteiger partial charge >= 0.3 is 6.01 Å². The minimum Gasteiger partial charge on any atom is -0.508 e. The number of hydrogen-bond donors (Lipinski definition) is 2. The highest BCUT2D eigenvalue weighted by molar-refractivity contribution is 6.16. The molecule has 0 spiro atoms. The lowest BCUT2D eigenvalue weighted by Gasteiger charge is -2.33. The summed E-state index contributed by atoms with van der Waals surface area (Å²) in [5.41, 5.74) is 1.25. The summed E-state index contributed by atoms with van der Waals surface area (Å²) < 4.78 is 35.5. The third-order valence-electron chi connectivity index (χ3n) is 9.41. The summed E-state index contributed by atoms with van der Waals surface area (Å²) in [4.78, 5) is 29.1. The number of aromatic nitrogens is 2. The van der Waals surface area contributed by atoms with E-state index < -0.39 is 12.3 Å². The van der Waals surface area contributed by atoms with E-state index in [2.05, 4.69) is 9.88 Å². The number of fused-ring (bicyclic) bond motifs is 3. The Morgan fingerprint density at radius 1 is 1.17 bits per heavy atom. The Kier molecular flexibility index (Phi) is 6.69. The second-order valence-electron chi connectivity index (χ2n) is 12.1. The van der Waals surface area contributed by atoms with Gasteiger partial charge in [0.15, 0.2) is 0 Å². The van der Waals surface area contributed by atoms with Crippen LogP contribution in [0, 0.1) is 5.82 Å². The van der Waals surface area contributed by atoms with E-state index in [1.807, 2.05) is 11.8 Å². The molecule has 1 aromatic heterocycles. The Bertz CT molecular complexity index is 1570. The quantitative estimate of drug-likeness (QED) is 0.450. The number of phenols is 1. The van der Waals surface area contributed by atoms with Crippen LogP contribution in [0.2, 0.25) is 0 Å². The van der Waals surface area contributed by atoms with Crippen molar-refractivity contribution in [3.63, 3.8) is 0 Å². The molecule has 4 aliphatic heterocycles. The molecule has 3 fully saturated rings. The van der Waals surface area contributed by atoms with Gasteiger partial charge in [0, 0.05) is 37.5 Å². The number of phenolic OH excluding ortho intramolecular Hbond substituents is 1. The van der Waals surface area contributed by atoms with Crippen molar-refractivity contribution in [1.29, 1.82) is 0 Å². The van der Waals surface area contributed by atoms with E-state index >= 15 is 0 Å². The van der Waals surface area contributed by atoms with Crippen molar-refractivity contribution in [2.75, 3.05) is 42.6 Å². The number of anilines is 2. The number of aliphatic hydroxyl groups excluding tert-OH is 1. The van der Waals surface area contributed by atoms with Crippen LogP contribution in [-0.2, 0) is 13.0 Å². The van der Waals surface area contributed by atoms with E-state index in [-0.39, 0.29) is 42.2 Å². The van der Waals surface area contributed by atoms with Gasteiger partial charge in [-0.05, 0) is 61.7 Å². The number of carbonyl (C=O) groups excluding carboxylic acids is 1. The number of ether oxygens (including phenoxy) is 1. The van der Waals surface area contributed by atoms with Crippen molar-refractivity contribution in [2.45, 2.75) is 69.8 Å². The fourth-order valence-electron chi connectivity index (χ4n) is 7.48. The molecule has 0 aliphatic carbocycles. The van der Waals surface area contributed by atoms with Gasteiger partial charge in [0.2, 0.25) is 0 Å². The van der Waals surface area contributed by atoms with Crippen LogP contribution in [0.5, 0.6) is 11.8 Å². The highest BCUT2D eigenvalue weighted by Crippen LogP contribution is 2.43. The first-order valence-corrected chi connectivity index (χ1v) is 14.9. The molecule has 3 atom stereocenters. The summed E-state index contributed by atoms with van der Waals surface area (Å²) in [6.07, 6.45) is 2.60. The fourth-order valence-corrected chi connectivity index (χ4v) is 7.48. The third kappa shape index (κ3) is 4.44. The van der Waals surface area contributed by atoms with E-state index in [1.165, 1.54) is 17.0 Å². The Morgan fingerprint density at radius 2 is 2.02 bits per heavy atom. The van der Waals surface area contributed by atoms with Crippen LogP contribution in [0.1, 0.15) is 60.6 Å².